The third-order valence-electron chi connectivity index (χ3n) is 2.52. The zero-order valence-corrected chi connectivity index (χ0v) is 8.83. The van der Waals surface area contributed by atoms with Crippen molar-refractivity contribution in [3.05, 3.63) is 71.0 Å². The van der Waals surface area contributed by atoms with Gasteiger partial charge in [0.15, 0.2) is 0 Å². The molecule has 0 radical (unpaired) electrons. The van der Waals surface area contributed by atoms with Gasteiger partial charge in [0.2, 0.25) is 0 Å². The molecule has 0 aliphatic rings. The van der Waals surface area contributed by atoms with Crippen molar-refractivity contribution in [3.8, 4) is 0 Å². The minimum Gasteiger partial charge on any atom is -0.320 e. The number of halogens is 3. The summed E-state index contributed by atoms with van der Waals surface area (Å²) in [7, 11) is 0. The SMILES string of the molecule is NC(c1cccc(F)c1)c1c(F)cccc1F. The molecule has 0 aromatic heterocycles. The van der Waals surface area contributed by atoms with Gasteiger partial charge in [-0.15, -0.1) is 0 Å². The van der Waals surface area contributed by atoms with E-state index in [9.17, 15) is 13.2 Å². The predicted octanol–water partition coefficient (Wildman–Crippen LogP) is 3.15. The summed E-state index contributed by atoms with van der Waals surface area (Å²) in [6.45, 7) is 0. The molecule has 2 aromatic carbocycles. The maximum atomic E-state index is 13.5. The van der Waals surface area contributed by atoms with Gasteiger partial charge in [0.1, 0.15) is 17.5 Å². The third kappa shape index (κ3) is 2.31. The van der Waals surface area contributed by atoms with Gasteiger partial charge in [0.25, 0.3) is 0 Å². The number of hydrogen-bond donors (Lipinski definition) is 1. The fourth-order valence-corrected chi connectivity index (χ4v) is 1.67. The Labute approximate surface area is 96.7 Å². The summed E-state index contributed by atoms with van der Waals surface area (Å²) in [5, 5.41) is 0. The molecule has 2 aromatic rings. The minimum atomic E-state index is -1.02. The quantitative estimate of drug-likeness (QED) is 0.853. The van der Waals surface area contributed by atoms with Gasteiger partial charge < -0.3 is 5.73 Å². The van der Waals surface area contributed by atoms with E-state index >= 15 is 0 Å². The molecular weight excluding hydrogens is 227 g/mol. The first-order valence-corrected chi connectivity index (χ1v) is 5.04. The number of nitrogens with two attached hydrogens (primary N) is 1. The topological polar surface area (TPSA) is 26.0 Å². The van der Waals surface area contributed by atoms with Crippen molar-refractivity contribution >= 4 is 0 Å². The van der Waals surface area contributed by atoms with E-state index in [0.717, 1.165) is 18.2 Å². The first-order chi connectivity index (χ1) is 8.09. The Kier molecular flexibility index (Phi) is 3.15. The summed E-state index contributed by atoms with van der Waals surface area (Å²) in [5.41, 5.74) is 5.82. The van der Waals surface area contributed by atoms with E-state index in [4.69, 9.17) is 5.73 Å². The van der Waals surface area contributed by atoms with E-state index in [1.165, 1.54) is 24.3 Å². The lowest BCUT2D eigenvalue weighted by molar-refractivity contribution is 0.542. The van der Waals surface area contributed by atoms with Crippen LogP contribution in [0.15, 0.2) is 42.5 Å². The van der Waals surface area contributed by atoms with Gasteiger partial charge in [0, 0.05) is 5.56 Å². The molecule has 1 unspecified atom stereocenters. The summed E-state index contributed by atoms with van der Waals surface area (Å²) in [6, 6.07) is 7.86. The molecule has 0 spiro atoms. The van der Waals surface area contributed by atoms with Crippen molar-refractivity contribution in [2.45, 2.75) is 6.04 Å². The van der Waals surface area contributed by atoms with Crippen molar-refractivity contribution in [2.75, 3.05) is 0 Å². The second-order valence-electron chi connectivity index (χ2n) is 3.67. The lowest BCUT2D eigenvalue weighted by Crippen LogP contribution is -2.15. The molecule has 0 bridgehead atoms. The number of benzene rings is 2. The van der Waals surface area contributed by atoms with Crippen molar-refractivity contribution < 1.29 is 13.2 Å². The van der Waals surface area contributed by atoms with Crippen LogP contribution in [-0.4, -0.2) is 0 Å². The zero-order valence-electron chi connectivity index (χ0n) is 8.83. The standard InChI is InChI=1S/C13H10F3N/c14-9-4-1-3-8(7-9)13(17)12-10(15)5-2-6-11(12)16/h1-7,13H,17H2. The van der Waals surface area contributed by atoms with Crippen LogP contribution in [0.2, 0.25) is 0 Å². The van der Waals surface area contributed by atoms with Gasteiger partial charge in [-0.3, -0.25) is 0 Å². The number of rotatable bonds is 2. The molecule has 1 atom stereocenters. The molecule has 88 valence electrons. The van der Waals surface area contributed by atoms with E-state index in [-0.39, 0.29) is 5.56 Å². The Morgan fingerprint density at radius 3 is 2.06 bits per heavy atom. The van der Waals surface area contributed by atoms with Gasteiger partial charge in [0.05, 0.1) is 6.04 Å². The smallest absolute Gasteiger partial charge is 0.131 e. The zero-order chi connectivity index (χ0) is 12.4. The summed E-state index contributed by atoms with van der Waals surface area (Å²) >= 11 is 0. The first-order valence-electron chi connectivity index (χ1n) is 5.04. The molecule has 0 aliphatic carbocycles. The lowest BCUT2D eigenvalue weighted by Gasteiger charge is -2.14. The average Bonchev–Trinajstić information content (AvgIpc) is 2.28. The van der Waals surface area contributed by atoms with Crippen LogP contribution in [0.1, 0.15) is 17.2 Å². The van der Waals surface area contributed by atoms with Gasteiger partial charge >= 0.3 is 0 Å². The van der Waals surface area contributed by atoms with Crippen LogP contribution >= 0.6 is 0 Å². The van der Waals surface area contributed by atoms with Crippen molar-refractivity contribution in [2.24, 2.45) is 5.73 Å². The molecule has 0 saturated carbocycles. The van der Waals surface area contributed by atoms with Crippen LogP contribution in [0.3, 0.4) is 0 Å². The Bertz CT molecular complexity index is 520. The van der Waals surface area contributed by atoms with Gasteiger partial charge in [-0.25, -0.2) is 13.2 Å². The van der Waals surface area contributed by atoms with E-state index in [1.807, 2.05) is 0 Å². The van der Waals surface area contributed by atoms with Gasteiger partial charge in [-0.05, 0) is 29.8 Å². The monoisotopic (exact) mass is 237 g/mol. The fraction of sp³-hybridized carbons (Fsp3) is 0.0769. The Morgan fingerprint density at radius 2 is 1.47 bits per heavy atom. The van der Waals surface area contributed by atoms with Gasteiger partial charge in [-0.1, -0.05) is 18.2 Å². The van der Waals surface area contributed by atoms with Crippen LogP contribution in [0.5, 0.6) is 0 Å². The molecule has 0 amide bonds. The van der Waals surface area contributed by atoms with Crippen molar-refractivity contribution in [1.29, 1.82) is 0 Å². The Morgan fingerprint density at radius 1 is 0.882 bits per heavy atom. The highest BCUT2D eigenvalue weighted by Crippen LogP contribution is 2.25. The summed E-state index contributed by atoms with van der Waals surface area (Å²) < 4.78 is 39.9. The van der Waals surface area contributed by atoms with E-state index in [1.54, 1.807) is 0 Å². The highest BCUT2D eigenvalue weighted by Gasteiger charge is 2.18. The third-order valence-corrected chi connectivity index (χ3v) is 2.52. The molecule has 2 N–H and O–H groups in total. The summed E-state index contributed by atoms with van der Waals surface area (Å²) in [6.07, 6.45) is 0. The van der Waals surface area contributed by atoms with Crippen LogP contribution in [0.4, 0.5) is 13.2 Å². The van der Waals surface area contributed by atoms with E-state index in [2.05, 4.69) is 0 Å². The average molecular weight is 237 g/mol. The summed E-state index contributed by atoms with van der Waals surface area (Å²) in [5.74, 6) is -1.96. The maximum absolute atomic E-state index is 13.5. The second kappa shape index (κ2) is 4.59. The molecule has 17 heavy (non-hydrogen) atoms. The van der Waals surface area contributed by atoms with Gasteiger partial charge in [-0.2, -0.15) is 0 Å². The molecule has 0 saturated heterocycles. The Hall–Kier alpha value is -1.81. The van der Waals surface area contributed by atoms with Crippen LogP contribution in [-0.2, 0) is 0 Å². The predicted molar refractivity (Wildman–Crippen MR) is 58.8 cm³/mol. The first kappa shape index (κ1) is 11.7. The Balaban J connectivity index is 2.47. The number of hydrogen-bond acceptors (Lipinski definition) is 1. The minimum absolute atomic E-state index is 0.252. The highest BCUT2D eigenvalue weighted by atomic mass is 19.1. The molecule has 0 aliphatic heterocycles. The van der Waals surface area contributed by atoms with Crippen molar-refractivity contribution in [1.82, 2.24) is 0 Å². The van der Waals surface area contributed by atoms with Crippen molar-refractivity contribution in [3.63, 3.8) is 0 Å². The molecule has 1 nitrogen and oxygen atoms in total. The fourth-order valence-electron chi connectivity index (χ4n) is 1.67. The molecular formula is C13H10F3N. The van der Waals surface area contributed by atoms with E-state index in [0.29, 0.717) is 5.56 Å². The molecule has 2 rings (SSSR count). The van der Waals surface area contributed by atoms with Crippen LogP contribution in [0.25, 0.3) is 0 Å². The lowest BCUT2D eigenvalue weighted by atomic mass is 9.98. The van der Waals surface area contributed by atoms with Crippen LogP contribution in [0, 0.1) is 17.5 Å². The second-order valence-corrected chi connectivity index (χ2v) is 3.67. The summed E-state index contributed by atoms with van der Waals surface area (Å²) in [4.78, 5) is 0. The normalized spacial score (nSPS) is 12.5. The van der Waals surface area contributed by atoms with Crippen LogP contribution < -0.4 is 5.73 Å². The van der Waals surface area contributed by atoms with E-state index < -0.39 is 23.5 Å². The largest absolute Gasteiger partial charge is 0.320 e. The highest BCUT2D eigenvalue weighted by molar-refractivity contribution is 5.33. The maximum Gasteiger partial charge on any atom is 0.131 e. The molecule has 4 heteroatoms. The molecule has 0 heterocycles. The molecule has 0 fully saturated rings.